The van der Waals surface area contributed by atoms with Gasteiger partial charge in [0.15, 0.2) is 5.96 Å². The lowest BCUT2D eigenvalue weighted by Crippen LogP contribution is -2.49. The van der Waals surface area contributed by atoms with Crippen LogP contribution in [0.4, 0.5) is 4.39 Å². The minimum absolute atomic E-state index is 0. The zero-order valence-electron chi connectivity index (χ0n) is 11.8. The van der Waals surface area contributed by atoms with Crippen molar-refractivity contribution in [2.24, 2.45) is 10.7 Å². The maximum absolute atomic E-state index is 12.9. The van der Waals surface area contributed by atoms with Gasteiger partial charge in [-0.1, -0.05) is 12.1 Å². The Morgan fingerprint density at radius 2 is 2.05 bits per heavy atom. The van der Waals surface area contributed by atoms with E-state index in [2.05, 4.69) is 4.99 Å². The zero-order valence-corrected chi connectivity index (χ0v) is 14.1. The molecule has 1 aliphatic rings. The fourth-order valence-electron chi connectivity index (χ4n) is 2.26. The van der Waals surface area contributed by atoms with Gasteiger partial charge >= 0.3 is 0 Å². The van der Waals surface area contributed by atoms with Crippen LogP contribution < -0.4 is 5.73 Å². The molecule has 0 bridgehead atoms. The van der Waals surface area contributed by atoms with Gasteiger partial charge in [0.1, 0.15) is 11.9 Å². The molecule has 4 nitrogen and oxygen atoms in total. The normalized spacial score (nSPS) is 23.4. The lowest BCUT2D eigenvalue weighted by atomic mass is 10.1. The summed E-state index contributed by atoms with van der Waals surface area (Å²) in [7, 11) is 0. The van der Waals surface area contributed by atoms with Crippen LogP contribution in [0.15, 0.2) is 29.3 Å². The van der Waals surface area contributed by atoms with Crippen molar-refractivity contribution in [2.75, 3.05) is 19.6 Å². The van der Waals surface area contributed by atoms with Gasteiger partial charge in [0.25, 0.3) is 0 Å². The molecule has 0 aliphatic carbocycles. The fourth-order valence-corrected chi connectivity index (χ4v) is 2.26. The topological polar surface area (TPSA) is 50.8 Å². The number of benzene rings is 1. The molecule has 1 fully saturated rings. The Morgan fingerprint density at radius 3 is 2.65 bits per heavy atom. The molecule has 1 aromatic rings. The van der Waals surface area contributed by atoms with Crippen molar-refractivity contribution in [1.29, 1.82) is 0 Å². The molecule has 0 aromatic heterocycles. The van der Waals surface area contributed by atoms with Gasteiger partial charge in [0.05, 0.1) is 12.6 Å². The highest BCUT2D eigenvalue weighted by atomic mass is 127. The molecule has 0 amide bonds. The van der Waals surface area contributed by atoms with Crippen molar-refractivity contribution in [1.82, 2.24) is 4.90 Å². The first-order valence-electron chi connectivity index (χ1n) is 6.56. The van der Waals surface area contributed by atoms with Gasteiger partial charge < -0.3 is 15.4 Å². The summed E-state index contributed by atoms with van der Waals surface area (Å²) in [6.45, 7) is 5.99. The number of morpholine rings is 1. The number of halogens is 2. The Kier molecular flexibility index (Phi) is 6.67. The molecule has 112 valence electrons. The minimum atomic E-state index is -0.239. The number of nitrogens with two attached hydrogens (primary N) is 1. The second-order valence-corrected chi connectivity index (χ2v) is 4.72. The quantitative estimate of drug-likeness (QED) is 0.478. The summed E-state index contributed by atoms with van der Waals surface area (Å²) in [5.41, 5.74) is 6.91. The Balaban J connectivity index is 0.00000200. The highest BCUT2D eigenvalue weighted by molar-refractivity contribution is 14.0. The van der Waals surface area contributed by atoms with Gasteiger partial charge in [-0.25, -0.2) is 4.39 Å². The largest absolute Gasteiger partial charge is 0.370 e. The van der Waals surface area contributed by atoms with Gasteiger partial charge in [-0.05, 0) is 31.5 Å². The van der Waals surface area contributed by atoms with Gasteiger partial charge in [-0.2, -0.15) is 0 Å². The molecule has 2 unspecified atom stereocenters. The maximum atomic E-state index is 12.9. The number of guanidine groups is 1. The molecular weight excluding hydrogens is 372 g/mol. The smallest absolute Gasteiger partial charge is 0.191 e. The summed E-state index contributed by atoms with van der Waals surface area (Å²) in [6.07, 6.45) is -0.0376. The molecule has 0 radical (unpaired) electrons. The van der Waals surface area contributed by atoms with Gasteiger partial charge in [0, 0.05) is 13.1 Å². The average Bonchev–Trinajstić information content (AvgIpc) is 2.39. The molecular formula is C14H21FIN3O. The van der Waals surface area contributed by atoms with E-state index in [1.54, 1.807) is 12.1 Å². The number of ether oxygens (including phenoxy) is 1. The summed E-state index contributed by atoms with van der Waals surface area (Å²) < 4.78 is 18.8. The lowest BCUT2D eigenvalue weighted by Gasteiger charge is -2.37. The van der Waals surface area contributed by atoms with Crippen LogP contribution in [0, 0.1) is 5.82 Å². The molecule has 1 aromatic carbocycles. The zero-order chi connectivity index (χ0) is 13.8. The van der Waals surface area contributed by atoms with Crippen LogP contribution in [-0.2, 0) is 4.74 Å². The van der Waals surface area contributed by atoms with Gasteiger partial charge in [-0.3, -0.25) is 4.99 Å². The first kappa shape index (κ1) is 17.2. The average molecular weight is 393 g/mol. The van der Waals surface area contributed by atoms with Crippen LogP contribution in [-0.4, -0.2) is 36.6 Å². The van der Waals surface area contributed by atoms with E-state index in [1.807, 2.05) is 18.7 Å². The van der Waals surface area contributed by atoms with E-state index < -0.39 is 0 Å². The van der Waals surface area contributed by atoms with Crippen molar-refractivity contribution in [3.8, 4) is 0 Å². The monoisotopic (exact) mass is 393 g/mol. The Labute approximate surface area is 136 Å². The predicted octanol–water partition coefficient (Wildman–Crippen LogP) is 2.54. The minimum Gasteiger partial charge on any atom is -0.370 e. The van der Waals surface area contributed by atoms with Gasteiger partial charge in [-0.15, -0.1) is 24.0 Å². The molecule has 1 saturated heterocycles. The number of nitrogens with zero attached hydrogens (tertiary/aromatic N) is 2. The van der Waals surface area contributed by atoms with Gasteiger partial charge in [0.2, 0.25) is 0 Å². The van der Waals surface area contributed by atoms with Crippen LogP contribution in [0.3, 0.4) is 0 Å². The van der Waals surface area contributed by atoms with Crippen molar-refractivity contribution in [2.45, 2.75) is 26.1 Å². The van der Waals surface area contributed by atoms with E-state index in [9.17, 15) is 4.39 Å². The summed E-state index contributed by atoms with van der Waals surface area (Å²) in [6, 6.07) is 6.41. The van der Waals surface area contributed by atoms with Crippen LogP contribution in [0.5, 0.6) is 0 Å². The second-order valence-electron chi connectivity index (χ2n) is 4.72. The third-order valence-electron chi connectivity index (χ3n) is 3.15. The van der Waals surface area contributed by atoms with E-state index in [0.29, 0.717) is 19.0 Å². The van der Waals surface area contributed by atoms with Crippen LogP contribution in [0.2, 0.25) is 0 Å². The molecule has 0 saturated carbocycles. The van der Waals surface area contributed by atoms with E-state index in [1.165, 1.54) is 12.1 Å². The highest BCUT2D eigenvalue weighted by Crippen LogP contribution is 2.25. The van der Waals surface area contributed by atoms with Crippen molar-refractivity contribution < 1.29 is 9.13 Å². The molecule has 2 N–H and O–H groups in total. The number of hydrogen-bond acceptors (Lipinski definition) is 2. The molecule has 0 spiro atoms. The second kappa shape index (κ2) is 7.78. The molecule has 2 atom stereocenters. The highest BCUT2D eigenvalue weighted by Gasteiger charge is 2.27. The Morgan fingerprint density at radius 1 is 1.40 bits per heavy atom. The summed E-state index contributed by atoms with van der Waals surface area (Å²) in [5, 5.41) is 0. The SMILES string of the molecule is CCN=C(N)N1CC(C)OC(c2ccc(F)cc2)C1.I. The Bertz CT molecular complexity index is 452. The fraction of sp³-hybridized carbons (Fsp3) is 0.500. The van der Waals surface area contributed by atoms with Crippen molar-refractivity contribution >= 4 is 29.9 Å². The number of aliphatic imine (C=N–C) groups is 1. The summed E-state index contributed by atoms with van der Waals surface area (Å²) in [4.78, 5) is 6.25. The van der Waals surface area contributed by atoms with Crippen molar-refractivity contribution in [3.05, 3.63) is 35.6 Å². The van der Waals surface area contributed by atoms with E-state index in [0.717, 1.165) is 12.1 Å². The number of rotatable bonds is 2. The van der Waals surface area contributed by atoms with Crippen LogP contribution in [0.25, 0.3) is 0 Å². The molecule has 6 heteroatoms. The molecule has 1 heterocycles. The molecule has 20 heavy (non-hydrogen) atoms. The molecule has 2 rings (SSSR count). The van der Waals surface area contributed by atoms with Crippen molar-refractivity contribution in [3.63, 3.8) is 0 Å². The first-order chi connectivity index (χ1) is 9.10. The van der Waals surface area contributed by atoms with E-state index >= 15 is 0 Å². The standard InChI is InChI=1S/C14H20FN3O.HI/c1-3-17-14(16)18-8-10(2)19-13(9-18)11-4-6-12(15)7-5-11;/h4-7,10,13H,3,8-9H2,1-2H3,(H2,16,17);1H. The third kappa shape index (κ3) is 4.31. The van der Waals surface area contributed by atoms with Crippen LogP contribution >= 0.6 is 24.0 Å². The Hall–Kier alpha value is -0.890. The lowest BCUT2D eigenvalue weighted by molar-refractivity contribution is -0.0599. The maximum Gasteiger partial charge on any atom is 0.191 e. The summed E-state index contributed by atoms with van der Waals surface area (Å²) >= 11 is 0. The van der Waals surface area contributed by atoms with E-state index in [-0.39, 0.29) is 42.0 Å². The first-order valence-corrected chi connectivity index (χ1v) is 6.56. The predicted molar refractivity (Wildman–Crippen MR) is 88.8 cm³/mol. The molecule has 1 aliphatic heterocycles. The number of hydrogen-bond donors (Lipinski definition) is 1. The summed E-state index contributed by atoms with van der Waals surface area (Å²) in [5.74, 6) is 0.307. The third-order valence-corrected chi connectivity index (χ3v) is 3.15. The van der Waals surface area contributed by atoms with Crippen LogP contribution in [0.1, 0.15) is 25.5 Å². The van der Waals surface area contributed by atoms with E-state index in [4.69, 9.17) is 10.5 Å².